The number of nitrogens with one attached hydrogen (secondary N) is 1. The van der Waals surface area contributed by atoms with Crippen LogP contribution in [-0.2, 0) is 9.53 Å². The van der Waals surface area contributed by atoms with Crippen molar-refractivity contribution in [2.45, 2.75) is 32.8 Å². The molecule has 3 aromatic rings. The molecular weight excluding hydrogens is 373 g/mol. The van der Waals surface area contributed by atoms with E-state index in [0.717, 1.165) is 5.56 Å². The molecule has 0 aliphatic rings. The zero-order valence-electron chi connectivity index (χ0n) is 16.4. The van der Waals surface area contributed by atoms with Gasteiger partial charge < -0.3 is 14.5 Å². The number of halogens is 1. The first-order valence-electron chi connectivity index (χ1n) is 9.32. The number of carbonyl (C=O) groups excluding carboxylic acids is 2. The van der Waals surface area contributed by atoms with E-state index in [1.165, 1.54) is 25.1 Å². The number of amides is 1. The van der Waals surface area contributed by atoms with E-state index in [9.17, 15) is 14.0 Å². The SMILES string of the molecule is CC(C)c1ccccc1NC(=O)[C@H](C)OC(=O)c1ccc(-c2ccccc2F)o1. The van der Waals surface area contributed by atoms with Gasteiger partial charge in [0.25, 0.3) is 5.91 Å². The van der Waals surface area contributed by atoms with Gasteiger partial charge >= 0.3 is 5.97 Å². The molecule has 0 saturated heterocycles. The number of ether oxygens (including phenoxy) is 1. The minimum atomic E-state index is -1.04. The molecule has 5 nitrogen and oxygen atoms in total. The van der Waals surface area contributed by atoms with Crippen LogP contribution in [0.3, 0.4) is 0 Å². The molecule has 0 unspecified atom stereocenters. The molecule has 0 aliphatic carbocycles. The van der Waals surface area contributed by atoms with Crippen LogP contribution < -0.4 is 5.32 Å². The summed E-state index contributed by atoms with van der Waals surface area (Å²) < 4.78 is 24.5. The van der Waals surface area contributed by atoms with E-state index >= 15 is 0 Å². The number of anilines is 1. The molecule has 6 heteroatoms. The van der Waals surface area contributed by atoms with Gasteiger partial charge in [0.2, 0.25) is 5.76 Å². The molecule has 0 bridgehead atoms. The predicted molar refractivity (Wildman–Crippen MR) is 108 cm³/mol. The first-order chi connectivity index (χ1) is 13.9. The number of esters is 1. The Morgan fingerprint density at radius 3 is 2.38 bits per heavy atom. The second-order valence-electron chi connectivity index (χ2n) is 6.92. The molecular formula is C23H22FNO4. The van der Waals surface area contributed by atoms with Gasteiger partial charge in [0, 0.05) is 5.69 Å². The quantitative estimate of drug-likeness (QED) is 0.568. The monoisotopic (exact) mass is 395 g/mol. The van der Waals surface area contributed by atoms with Crippen molar-refractivity contribution in [1.29, 1.82) is 0 Å². The topological polar surface area (TPSA) is 68.5 Å². The molecule has 0 fully saturated rings. The Balaban J connectivity index is 1.67. The highest BCUT2D eigenvalue weighted by Gasteiger charge is 2.23. The third kappa shape index (κ3) is 4.71. The van der Waals surface area contributed by atoms with Gasteiger partial charge in [-0.1, -0.05) is 44.2 Å². The standard InChI is InChI=1S/C23H22FNO4/c1-14(2)16-8-5-7-11-19(16)25-22(26)15(3)28-23(27)21-13-12-20(29-21)17-9-4-6-10-18(17)24/h4-15H,1-3H3,(H,25,26)/t15-/m0/s1. The first-order valence-corrected chi connectivity index (χ1v) is 9.32. The Bertz CT molecular complexity index is 1020. The van der Waals surface area contributed by atoms with Gasteiger partial charge in [-0.05, 0) is 48.7 Å². The molecule has 150 valence electrons. The summed E-state index contributed by atoms with van der Waals surface area (Å²) in [5, 5.41) is 2.79. The van der Waals surface area contributed by atoms with Crippen molar-refractivity contribution >= 4 is 17.6 Å². The van der Waals surface area contributed by atoms with Gasteiger partial charge in [0.1, 0.15) is 11.6 Å². The van der Waals surface area contributed by atoms with Crippen LogP contribution in [-0.4, -0.2) is 18.0 Å². The fraction of sp³-hybridized carbons (Fsp3) is 0.217. The minimum absolute atomic E-state index is 0.106. The summed E-state index contributed by atoms with van der Waals surface area (Å²) in [7, 11) is 0. The largest absolute Gasteiger partial charge is 0.449 e. The summed E-state index contributed by atoms with van der Waals surface area (Å²) in [5.41, 5.74) is 1.90. The van der Waals surface area contributed by atoms with Crippen molar-refractivity contribution in [3.63, 3.8) is 0 Å². The number of hydrogen-bond donors (Lipinski definition) is 1. The number of para-hydroxylation sites is 1. The molecule has 1 aromatic heterocycles. The average Bonchev–Trinajstić information content (AvgIpc) is 3.18. The van der Waals surface area contributed by atoms with Crippen molar-refractivity contribution in [2.24, 2.45) is 0 Å². The van der Waals surface area contributed by atoms with E-state index in [-0.39, 0.29) is 23.0 Å². The fourth-order valence-corrected chi connectivity index (χ4v) is 2.87. The van der Waals surface area contributed by atoms with Crippen LogP contribution in [0.5, 0.6) is 0 Å². The summed E-state index contributed by atoms with van der Waals surface area (Å²) in [4.78, 5) is 24.8. The van der Waals surface area contributed by atoms with Crippen LogP contribution in [0.15, 0.2) is 65.1 Å². The highest BCUT2D eigenvalue weighted by Crippen LogP contribution is 2.26. The Labute approximate surface area is 168 Å². The molecule has 29 heavy (non-hydrogen) atoms. The Morgan fingerprint density at radius 1 is 0.966 bits per heavy atom. The van der Waals surface area contributed by atoms with Gasteiger partial charge in [-0.3, -0.25) is 4.79 Å². The minimum Gasteiger partial charge on any atom is -0.449 e. The zero-order chi connectivity index (χ0) is 21.0. The van der Waals surface area contributed by atoms with Crippen LogP contribution in [0.2, 0.25) is 0 Å². The highest BCUT2D eigenvalue weighted by molar-refractivity contribution is 5.97. The van der Waals surface area contributed by atoms with E-state index in [0.29, 0.717) is 5.69 Å². The summed E-state index contributed by atoms with van der Waals surface area (Å²) in [6.45, 7) is 5.53. The summed E-state index contributed by atoms with van der Waals surface area (Å²) in [6, 6.07) is 16.4. The maximum absolute atomic E-state index is 13.9. The third-order valence-electron chi connectivity index (χ3n) is 4.44. The van der Waals surface area contributed by atoms with E-state index < -0.39 is 23.8 Å². The first kappa shape index (κ1) is 20.3. The maximum atomic E-state index is 13.9. The summed E-state index contributed by atoms with van der Waals surface area (Å²) in [5.74, 6) is -1.38. The lowest BCUT2D eigenvalue weighted by molar-refractivity contribution is -0.123. The molecule has 1 heterocycles. The van der Waals surface area contributed by atoms with E-state index in [2.05, 4.69) is 5.32 Å². The van der Waals surface area contributed by atoms with Crippen molar-refractivity contribution in [2.75, 3.05) is 5.32 Å². The molecule has 1 amide bonds. The van der Waals surface area contributed by atoms with Gasteiger partial charge in [0.15, 0.2) is 6.10 Å². The second-order valence-corrected chi connectivity index (χ2v) is 6.92. The second kappa shape index (κ2) is 8.73. The maximum Gasteiger partial charge on any atom is 0.375 e. The Morgan fingerprint density at radius 2 is 1.66 bits per heavy atom. The van der Waals surface area contributed by atoms with Gasteiger partial charge in [-0.15, -0.1) is 0 Å². The van der Waals surface area contributed by atoms with Crippen LogP contribution >= 0.6 is 0 Å². The van der Waals surface area contributed by atoms with Crippen LogP contribution in [0.4, 0.5) is 10.1 Å². The van der Waals surface area contributed by atoms with E-state index in [4.69, 9.17) is 9.15 Å². The van der Waals surface area contributed by atoms with Gasteiger partial charge in [0.05, 0.1) is 5.56 Å². The van der Waals surface area contributed by atoms with Gasteiger partial charge in [-0.2, -0.15) is 0 Å². The van der Waals surface area contributed by atoms with E-state index in [1.807, 2.05) is 32.0 Å². The molecule has 0 spiro atoms. The molecule has 1 N–H and O–H groups in total. The van der Waals surface area contributed by atoms with Crippen LogP contribution in [0, 0.1) is 5.82 Å². The Kier molecular flexibility index (Phi) is 6.12. The smallest absolute Gasteiger partial charge is 0.375 e. The van der Waals surface area contributed by atoms with Crippen LogP contribution in [0.1, 0.15) is 42.8 Å². The predicted octanol–water partition coefficient (Wildman–Crippen LogP) is 5.39. The molecule has 0 aliphatic heterocycles. The van der Waals surface area contributed by atoms with Crippen molar-refractivity contribution in [3.05, 3.63) is 77.8 Å². The number of rotatable bonds is 6. The summed E-state index contributed by atoms with van der Waals surface area (Å²) in [6.07, 6.45) is -1.04. The summed E-state index contributed by atoms with van der Waals surface area (Å²) >= 11 is 0. The molecule has 2 aromatic carbocycles. The number of furan rings is 1. The Hall–Kier alpha value is -3.41. The molecule has 3 rings (SSSR count). The average molecular weight is 395 g/mol. The van der Waals surface area contributed by atoms with Gasteiger partial charge in [-0.25, -0.2) is 9.18 Å². The molecule has 1 atom stereocenters. The highest BCUT2D eigenvalue weighted by atomic mass is 19.1. The number of benzene rings is 2. The van der Waals surface area contributed by atoms with Crippen molar-refractivity contribution in [3.8, 4) is 11.3 Å². The van der Waals surface area contributed by atoms with Crippen molar-refractivity contribution in [1.82, 2.24) is 0 Å². The third-order valence-corrected chi connectivity index (χ3v) is 4.44. The van der Waals surface area contributed by atoms with Crippen molar-refractivity contribution < 1.29 is 23.1 Å². The number of carbonyl (C=O) groups is 2. The lowest BCUT2D eigenvalue weighted by Gasteiger charge is -2.16. The molecule has 0 saturated carbocycles. The molecule has 0 radical (unpaired) electrons. The zero-order valence-corrected chi connectivity index (χ0v) is 16.4. The lowest BCUT2D eigenvalue weighted by atomic mass is 10.0. The number of hydrogen-bond acceptors (Lipinski definition) is 4. The fourth-order valence-electron chi connectivity index (χ4n) is 2.87. The lowest BCUT2D eigenvalue weighted by Crippen LogP contribution is -2.30. The normalized spacial score (nSPS) is 11.9. The van der Waals surface area contributed by atoms with Crippen LogP contribution in [0.25, 0.3) is 11.3 Å². The van der Waals surface area contributed by atoms with E-state index in [1.54, 1.807) is 24.3 Å².